The zero-order valence-electron chi connectivity index (χ0n) is 20.3. The fourth-order valence-corrected chi connectivity index (χ4v) is 8.74. The second kappa shape index (κ2) is 8.81. The van der Waals surface area contributed by atoms with Gasteiger partial charge in [0, 0.05) is 6.61 Å². The van der Waals surface area contributed by atoms with Crippen LogP contribution in [0.3, 0.4) is 0 Å². The summed E-state index contributed by atoms with van der Waals surface area (Å²) in [5.41, 5.74) is 1.16. The van der Waals surface area contributed by atoms with Crippen LogP contribution in [0.15, 0.2) is 0 Å². The maximum Gasteiger partial charge on any atom is 0.0512 e. The SMILES string of the molecule is CCCCC1C(CO)CC[C@]2(C)C1CCC1C(C)(CCC(C)O)C(C)CCC12C. The normalized spacial score (nSPS) is 48.6. The van der Waals surface area contributed by atoms with Gasteiger partial charge in [-0.3, -0.25) is 0 Å². The Labute approximate surface area is 181 Å². The molecule has 0 saturated heterocycles. The lowest BCUT2D eigenvalue weighted by Gasteiger charge is -2.69. The van der Waals surface area contributed by atoms with E-state index in [4.69, 9.17) is 0 Å². The van der Waals surface area contributed by atoms with Crippen molar-refractivity contribution in [2.24, 2.45) is 45.8 Å². The maximum atomic E-state index is 10.1. The Morgan fingerprint density at radius 1 is 1.00 bits per heavy atom. The van der Waals surface area contributed by atoms with Gasteiger partial charge in [0.1, 0.15) is 0 Å². The van der Waals surface area contributed by atoms with Crippen LogP contribution in [0.2, 0.25) is 0 Å². The highest BCUT2D eigenvalue weighted by atomic mass is 16.3. The molecule has 2 N–H and O–H groups in total. The van der Waals surface area contributed by atoms with Gasteiger partial charge in [-0.15, -0.1) is 0 Å². The van der Waals surface area contributed by atoms with Crippen molar-refractivity contribution in [1.29, 1.82) is 0 Å². The monoisotopic (exact) mass is 406 g/mol. The highest BCUT2D eigenvalue weighted by molar-refractivity contribution is 5.13. The standard InChI is InChI=1S/C27H50O2/c1-7-8-9-22-21(18-28)14-17-26(5)23(22)10-11-24-25(4,15-13-20(3)29)19(2)12-16-27(24,26)6/h19-24,28-29H,7-18H2,1-6H3/t19?,20?,21?,22?,23?,24?,25?,26-,27?/m1/s1. The van der Waals surface area contributed by atoms with E-state index in [1.165, 1.54) is 64.2 Å². The summed E-state index contributed by atoms with van der Waals surface area (Å²) in [6.45, 7) is 15.0. The molecule has 8 unspecified atom stereocenters. The molecule has 0 aromatic heterocycles. The molecule has 9 atom stereocenters. The van der Waals surface area contributed by atoms with Crippen LogP contribution in [-0.2, 0) is 0 Å². The molecule has 0 aromatic rings. The second-order valence-corrected chi connectivity index (χ2v) is 12.2. The van der Waals surface area contributed by atoms with E-state index < -0.39 is 0 Å². The largest absolute Gasteiger partial charge is 0.396 e. The molecule has 0 heterocycles. The Morgan fingerprint density at radius 2 is 1.69 bits per heavy atom. The van der Waals surface area contributed by atoms with Crippen LogP contribution in [0.1, 0.15) is 112 Å². The van der Waals surface area contributed by atoms with Crippen molar-refractivity contribution in [3.8, 4) is 0 Å². The number of unbranched alkanes of at least 4 members (excludes halogenated alkanes) is 1. The second-order valence-electron chi connectivity index (χ2n) is 12.2. The first-order valence-corrected chi connectivity index (χ1v) is 12.9. The van der Waals surface area contributed by atoms with Crippen molar-refractivity contribution in [2.45, 2.75) is 118 Å². The Morgan fingerprint density at radius 3 is 2.31 bits per heavy atom. The fourth-order valence-electron chi connectivity index (χ4n) is 8.74. The molecule has 3 saturated carbocycles. The molecule has 3 aliphatic rings. The highest BCUT2D eigenvalue weighted by Crippen LogP contribution is 2.72. The van der Waals surface area contributed by atoms with Crippen molar-refractivity contribution in [2.75, 3.05) is 6.61 Å². The number of aliphatic hydroxyl groups excluding tert-OH is 2. The summed E-state index contributed by atoms with van der Waals surface area (Å²) < 4.78 is 0. The molecule has 3 fully saturated rings. The molecule has 2 nitrogen and oxygen atoms in total. The lowest BCUT2D eigenvalue weighted by Crippen LogP contribution is -2.62. The third kappa shape index (κ3) is 3.84. The fraction of sp³-hybridized carbons (Fsp3) is 1.00. The van der Waals surface area contributed by atoms with Crippen LogP contribution in [0.4, 0.5) is 0 Å². The van der Waals surface area contributed by atoms with Crippen molar-refractivity contribution in [3.63, 3.8) is 0 Å². The van der Waals surface area contributed by atoms with Gasteiger partial charge in [-0.05, 0) is 111 Å². The van der Waals surface area contributed by atoms with Crippen LogP contribution in [0.25, 0.3) is 0 Å². The Hall–Kier alpha value is -0.0800. The zero-order chi connectivity index (χ0) is 21.4. The summed E-state index contributed by atoms with van der Waals surface area (Å²) in [4.78, 5) is 0. The summed E-state index contributed by atoms with van der Waals surface area (Å²) in [6.07, 6.45) is 13.8. The van der Waals surface area contributed by atoms with Gasteiger partial charge in [0.2, 0.25) is 0 Å². The average molecular weight is 407 g/mol. The minimum absolute atomic E-state index is 0.183. The summed E-state index contributed by atoms with van der Waals surface area (Å²) >= 11 is 0. The molecular weight excluding hydrogens is 356 g/mol. The van der Waals surface area contributed by atoms with Crippen molar-refractivity contribution < 1.29 is 10.2 Å². The van der Waals surface area contributed by atoms with Crippen LogP contribution in [0.5, 0.6) is 0 Å². The number of fused-ring (bicyclic) bond motifs is 3. The van der Waals surface area contributed by atoms with Gasteiger partial charge in [-0.1, -0.05) is 47.5 Å². The first-order valence-electron chi connectivity index (χ1n) is 12.9. The van der Waals surface area contributed by atoms with Gasteiger partial charge in [0.15, 0.2) is 0 Å². The molecule has 0 amide bonds. The van der Waals surface area contributed by atoms with E-state index in [0.717, 1.165) is 30.1 Å². The van der Waals surface area contributed by atoms with E-state index in [1.807, 2.05) is 6.92 Å². The zero-order valence-corrected chi connectivity index (χ0v) is 20.3. The van der Waals surface area contributed by atoms with Gasteiger partial charge >= 0.3 is 0 Å². The maximum absolute atomic E-state index is 10.1. The number of aliphatic hydroxyl groups is 2. The van der Waals surface area contributed by atoms with E-state index >= 15 is 0 Å². The molecule has 29 heavy (non-hydrogen) atoms. The first-order chi connectivity index (χ1) is 13.6. The van der Waals surface area contributed by atoms with Gasteiger partial charge in [0.05, 0.1) is 6.10 Å². The predicted octanol–water partition coefficient (Wildman–Crippen LogP) is 6.83. The van der Waals surface area contributed by atoms with Crippen molar-refractivity contribution in [1.82, 2.24) is 0 Å². The number of rotatable bonds is 7. The van der Waals surface area contributed by atoms with E-state index in [1.54, 1.807) is 0 Å². The van der Waals surface area contributed by atoms with Crippen molar-refractivity contribution in [3.05, 3.63) is 0 Å². The molecule has 0 bridgehead atoms. The molecular formula is C27H50O2. The molecule has 0 aliphatic heterocycles. The lowest BCUT2D eigenvalue weighted by atomic mass is 9.35. The molecule has 0 aromatic carbocycles. The van der Waals surface area contributed by atoms with E-state index in [-0.39, 0.29) is 6.10 Å². The van der Waals surface area contributed by atoms with Gasteiger partial charge in [-0.25, -0.2) is 0 Å². The number of hydrogen-bond donors (Lipinski definition) is 2. The molecule has 3 rings (SSSR count). The molecule has 2 heteroatoms. The summed E-state index contributed by atoms with van der Waals surface area (Å²) in [5.74, 6) is 3.57. The van der Waals surface area contributed by atoms with E-state index in [9.17, 15) is 10.2 Å². The molecule has 170 valence electrons. The first kappa shape index (κ1) is 23.6. The quantitative estimate of drug-likeness (QED) is 0.486. The van der Waals surface area contributed by atoms with Crippen LogP contribution in [-0.4, -0.2) is 22.9 Å². The molecule has 0 spiro atoms. The smallest absolute Gasteiger partial charge is 0.0512 e. The van der Waals surface area contributed by atoms with Crippen LogP contribution in [0, 0.1) is 45.8 Å². The van der Waals surface area contributed by atoms with E-state index in [0.29, 0.717) is 28.8 Å². The van der Waals surface area contributed by atoms with Crippen LogP contribution < -0.4 is 0 Å². The van der Waals surface area contributed by atoms with Gasteiger partial charge < -0.3 is 10.2 Å². The summed E-state index contributed by atoms with van der Waals surface area (Å²) in [6, 6.07) is 0. The number of hydrogen-bond acceptors (Lipinski definition) is 2. The van der Waals surface area contributed by atoms with E-state index in [2.05, 4.69) is 34.6 Å². The minimum atomic E-state index is -0.183. The average Bonchev–Trinajstić information content (AvgIpc) is 2.68. The third-order valence-electron chi connectivity index (χ3n) is 11.1. The summed E-state index contributed by atoms with van der Waals surface area (Å²) in [7, 11) is 0. The lowest BCUT2D eigenvalue weighted by molar-refractivity contribution is -0.209. The summed E-state index contributed by atoms with van der Waals surface area (Å²) in [5, 5.41) is 20.2. The Balaban J connectivity index is 1.93. The van der Waals surface area contributed by atoms with Crippen molar-refractivity contribution >= 4 is 0 Å². The minimum Gasteiger partial charge on any atom is -0.396 e. The van der Waals surface area contributed by atoms with Gasteiger partial charge in [-0.2, -0.15) is 0 Å². The Bertz CT molecular complexity index is 545. The van der Waals surface area contributed by atoms with Gasteiger partial charge in [0.25, 0.3) is 0 Å². The van der Waals surface area contributed by atoms with Crippen LogP contribution >= 0.6 is 0 Å². The highest BCUT2D eigenvalue weighted by Gasteiger charge is 2.64. The third-order valence-corrected chi connectivity index (χ3v) is 11.1. The predicted molar refractivity (Wildman–Crippen MR) is 123 cm³/mol. The molecule has 0 radical (unpaired) electrons. The molecule has 3 aliphatic carbocycles. The Kier molecular flexibility index (Phi) is 7.16. The topological polar surface area (TPSA) is 40.5 Å².